The molecule has 5 heteroatoms. The number of aromatic nitrogens is 1. The van der Waals surface area contributed by atoms with Gasteiger partial charge in [-0.15, -0.1) is 0 Å². The molecule has 1 aromatic rings. The van der Waals surface area contributed by atoms with Crippen LogP contribution in [-0.4, -0.2) is 35.6 Å². The van der Waals surface area contributed by atoms with E-state index in [-0.39, 0.29) is 35.7 Å². The average molecular weight is 332 g/mol. The topological polar surface area (TPSA) is 80.9 Å². The predicted molar refractivity (Wildman–Crippen MR) is 92.8 cm³/mol. The fourth-order valence-electron chi connectivity index (χ4n) is 4.69. The number of hydrogen-bond donors (Lipinski definition) is 2. The van der Waals surface area contributed by atoms with Gasteiger partial charge in [-0.05, 0) is 31.7 Å². The van der Waals surface area contributed by atoms with E-state index in [9.17, 15) is 5.11 Å². The maximum absolute atomic E-state index is 10.6. The summed E-state index contributed by atoms with van der Waals surface area (Å²) in [5, 5.41) is 10.6. The average Bonchev–Trinajstić information content (AvgIpc) is 3.29. The summed E-state index contributed by atoms with van der Waals surface area (Å²) in [7, 11) is 1.62. The minimum Gasteiger partial charge on any atom is -0.481 e. The summed E-state index contributed by atoms with van der Waals surface area (Å²) in [5.74, 6) is 0.810. The van der Waals surface area contributed by atoms with Crippen molar-refractivity contribution in [3.05, 3.63) is 35.0 Å². The van der Waals surface area contributed by atoms with Crippen molar-refractivity contribution in [2.45, 2.75) is 58.0 Å². The number of allylic oxidation sites excluding steroid dienone is 1. The Balaban J connectivity index is 2.18. The van der Waals surface area contributed by atoms with E-state index >= 15 is 0 Å². The Labute approximate surface area is 143 Å². The molecule has 0 radical (unpaired) electrons. The number of aryl methyl sites for hydroxylation is 1. The summed E-state index contributed by atoms with van der Waals surface area (Å²) in [6.07, 6.45) is 2.22. The molecule has 1 aliphatic heterocycles. The predicted octanol–water partition coefficient (Wildman–Crippen LogP) is 2.30. The normalized spacial score (nSPS) is 40.6. The van der Waals surface area contributed by atoms with E-state index in [2.05, 4.69) is 31.0 Å². The lowest BCUT2D eigenvalue weighted by molar-refractivity contribution is 0.0284. The highest BCUT2D eigenvalue weighted by atomic mass is 16.6. The molecule has 1 aromatic heterocycles. The fraction of sp³-hybridized carbons (Fsp3) is 0.632. The molecule has 3 N–H and O–H groups in total. The molecule has 6 atom stereocenters. The van der Waals surface area contributed by atoms with Gasteiger partial charge < -0.3 is 20.3 Å². The number of aliphatic hydroxyl groups is 1. The summed E-state index contributed by atoms with van der Waals surface area (Å²) in [6.45, 7) is 8.22. The van der Waals surface area contributed by atoms with Crippen LogP contribution in [-0.2, 0) is 10.2 Å². The molecule has 2 aliphatic rings. The molecular formula is C19H28N2O3. The highest BCUT2D eigenvalue weighted by Gasteiger charge is 2.60. The molecule has 1 saturated heterocycles. The molecule has 5 nitrogen and oxygen atoms in total. The fourth-order valence-corrected chi connectivity index (χ4v) is 4.69. The van der Waals surface area contributed by atoms with Crippen molar-refractivity contribution in [1.29, 1.82) is 0 Å². The van der Waals surface area contributed by atoms with E-state index < -0.39 is 0 Å². The Hall–Kier alpha value is -1.43. The number of rotatable bonds is 3. The van der Waals surface area contributed by atoms with E-state index in [4.69, 9.17) is 15.2 Å². The molecule has 0 bridgehead atoms. The lowest BCUT2D eigenvalue weighted by atomic mass is 9.56. The first kappa shape index (κ1) is 17.4. The minimum absolute atomic E-state index is 0.0525. The van der Waals surface area contributed by atoms with Crippen molar-refractivity contribution in [1.82, 2.24) is 4.98 Å². The monoisotopic (exact) mass is 332 g/mol. The van der Waals surface area contributed by atoms with Crippen molar-refractivity contribution in [3.8, 4) is 5.88 Å². The van der Waals surface area contributed by atoms with Crippen LogP contribution in [0.4, 0.5) is 0 Å². The molecule has 0 spiro atoms. The lowest BCUT2D eigenvalue weighted by Gasteiger charge is -2.48. The second-order valence-electron chi connectivity index (χ2n) is 7.18. The third-order valence-corrected chi connectivity index (χ3v) is 5.82. The minimum atomic E-state index is -0.356. The van der Waals surface area contributed by atoms with E-state index in [1.807, 2.05) is 19.9 Å². The summed E-state index contributed by atoms with van der Waals surface area (Å²) in [4.78, 5) is 4.58. The lowest BCUT2D eigenvalue weighted by Crippen LogP contribution is -2.50. The van der Waals surface area contributed by atoms with Crippen molar-refractivity contribution in [3.63, 3.8) is 0 Å². The third-order valence-electron chi connectivity index (χ3n) is 5.82. The van der Waals surface area contributed by atoms with Gasteiger partial charge in [-0.1, -0.05) is 31.6 Å². The quantitative estimate of drug-likeness (QED) is 0.656. The summed E-state index contributed by atoms with van der Waals surface area (Å²) in [6, 6.07) is 3.97. The Morgan fingerprint density at radius 1 is 1.42 bits per heavy atom. The van der Waals surface area contributed by atoms with Gasteiger partial charge in [0.05, 0.1) is 13.2 Å². The van der Waals surface area contributed by atoms with Crippen molar-refractivity contribution >= 4 is 0 Å². The van der Waals surface area contributed by atoms with Crippen LogP contribution in [0, 0.1) is 18.8 Å². The molecule has 1 aliphatic carbocycles. The number of hydrogen-bond acceptors (Lipinski definition) is 5. The maximum Gasteiger partial charge on any atom is 0.213 e. The standard InChI is InChI=1S/C19H28N2O3/c1-6-13-11(3)16(22)10(2)9-19(13,17-18(20)24-17)14-7-8-15(23-5)21-12(14)4/h6-8,10-11,16-18,22H,9,20H2,1-5H3/b13-6+/t10?,11-,16?,17?,18?,19+/m0/s1. The van der Waals surface area contributed by atoms with Crippen molar-refractivity contribution < 1.29 is 14.6 Å². The first-order chi connectivity index (χ1) is 11.4. The zero-order valence-corrected chi connectivity index (χ0v) is 15.1. The number of pyridine rings is 1. The van der Waals surface area contributed by atoms with Crippen LogP contribution < -0.4 is 10.5 Å². The molecule has 4 unspecified atom stereocenters. The summed E-state index contributed by atoms with van der Waals surface area (Å²) < 4.78 is 11.0. The first-order valence-corrected chi connectivity index (χ1v) is 8.64. The second kappa shape index (κ2) is 6.14. The van der Waals surface area contributed by atoms with Gasteiger partial charge >= 0.3 is 0 Å². The Morgan fingerprint density at radius 2 is 2.08 bits per heavy atom. The second-order valence-corrected chi connectivity index (χ2v) is 7.18. The molecule has 3 rings (SSSR count). The van der Waals surface area contributed by atoms with Crippen LogP contribution in [0.25, 0.3) is 0 Å². The van der Waals surface area contributed by atoms with Gasteiger partial charge in [0.25, 0.3) is 0 Å². The van der Waals surface area contributed by atoms with Crippen LogP contribution in [0.5, 0.6) is 5.88 Å². The van der Waals surface area contributed by atoms with Crippen molar-refractivity contribution in [2.24, 2.45) is 17.6 Å². The highest BCUT2D eigenvalue weighted by molar-refractivity contribution is 5.46. The molecule has 2 heterocycles. The summed E-state index contributed by atoms with van der Waals surface area (Å²) in [5.41, 5.74) is 9.02. The van der Waals surface area contributed by atoms with Crippen LogP contribution >= 0.6 is 0 Å². The molecule has 0 amide bonds. The summed E-state index contributed by atoms with van der Waals surface area (Å²) >= 11 is 0. The van der Waals surface area contributed by atoms with Crippen LogP contribution in [0.3, 0.4) is 0 Å². The Morgan fingerprint density at radius 3 is 2.58 bits per heavy atom. The van der Waals surface area contributed by atoms with E-state index in [1.165, 1.54) is 5.57 Å². The Kier molecular flexibility index (Phi) is 4.45. The number of nitrogens with two attached hydrogens (primary N) is 1. The van der Waals surface area contributed by atoms with Gasteiger partial charge in [0, 0.05) is 23.1 Å². The van der Waals surface area contributed by atoms with E-state index in [0.29, 0.717) is 5.88 Å². The van der Waals surface area contributed by atoms with Gasteiger partial charge in [0.1, 0.15) is 12.3 Å². The first-order valence-electron chi connectivity index (χ1n) is 8.64. The molecule has 0 aromatic carbocycles. The van der Waals surface area contributed by atoms with Crippen LogP contribution in [0.2, 0.25) is 0 Å². The number of nitrogens with zero attached hydrogens (tertiary/aromatic N) is 1. The van der Waals surface area contributed by atoms with Gasteiger partial charge in [0.15, 0.2) is 0 Å². The largest absolute Gasteiger partial charge is 0.481 e. The van der Waals surface area contributed by atoms with E-state index in [1.54, 1.807) is 7.11 Å². The maximum atomic E-state index is 10.6. The van der Waals surface area contributed by atoms with Crippen molar-refractivity contribution in [2.75, 3.05) is 7.11 Å². The van der Waals surface area contributed by atoms with Crippen LogP contribution in [0.1, 0.15) is 38.4 Å². The van der Waals surface area contributed by atoms with Gasteiger partial charge in [-0.2, -0.15) is 0 Å². The van der Waals surface area contributed by atoms with Gasteiger partial charge in [0.2, 0.25) is 5.88 Å². The number of methoxy groups -OCH3 is 1. The Bertz CT molecular complexity index is 660. The number of epoxide rings is 1. The molecule has 24 heavy (non-hydrogen) atoms. The van der Waals surface area contributed by atoms with Gasteiger partial charge in [-0.25, -0.2) is 4.98 Å². The number of ether oxygens (including phenoxy) is 2. The molecule has 2 fully saturated rings. The van der Waals surface area contributed by atoms with Crippen LogP contribution in [0.15, 0.2) is 23.8 Å². The zero-order chi connectivity index (χ0) is 17.6. The van der Waals surface area contributed by atoms with Gasteiger partial charge in [-0.3, -0.25) is 0 Å². The van der Waals surface area contributed by atoms with E-state index in [0.717, 1.165) is 17.7 Å². The zero-order valence-electron chi connectivity index (χ0n) is 15.1. The molecule has 132 valence electrons. The SMILES string of the molecule is C/C=C1\[C@H](C)C(O)C(C)C[C@@]1(c1ccc(OC)nc1C)C1OC1N. The highest BCUT2D eigenvalue weighted by Crippen LogP contribution is 2.56. The molecular weight excluding hydrogens is 304 g/mol. The smallest absolute Gasteiger partial charge is 0.213 e. The number of aliphatic hydroxyl groups excluding tert-OH is 1. The molecule has 1 saturated carbocycles. The third kappa shape index (κ3) is 2.46.